The van der Waals surface area contributed by atoms with Gasteiger partial charge in [0.1, 0.15) is 0 Å². The number of rotatable bonds is 7. The van der Waals surface area contributed by atoms with E-state index in [1.165, 1.54) is 7.11 Å². The fourth-order valence-electron chi connectivity index (χ4n) is 1.41. The van der Waals surface area contributed by atoms with Gasteiger partial charge in [-0.25, -0.2) is 8.51 Å². The number of nitrogens with zero attached hydrogens (tertiary/aromatic N) is 1. The van der Waals surface area contributed by atoms with Crippen molar-refractivity contribution in [2.24, 2.45) is 0 Å². The maximum atomic E-state index is 11.3. The van der Waals surface area contributed by atoms with Gasteiger partial charge in [-0.2, -0.15) is 0 Å². The summed E-state index contributed by atoms with van der Waals surface area (Å²) in [4.78, 5) is 0. The topological polar surface area (TPSA) is 29.5 Å². The van der Waals surface area contributed by atoms with E-state index in [9.17, 15) is 4.21 Å². The molecule has 0 aliphatic heterocycles. The zero-order chi connectivity index (χ0) is 10.3. The standard InChI is InChI=1S/C9H21NO2S/c1-5-7-9(8-6-2)10(3)13(11)12-4/h9H,5-8H2,1-4H3. The largest absolute Gasteiger partial charge is 0.281 e. The van der Waals surface area contributed by atoms with Crippen LogP contribution in [0.1, 0.15) is 39.5 Å². The minimum absolute atomic E-state index is 0.385. The van der Waals surface area contributed by atoms with Crippen LogP contribution in [0.4, 0.5) is 0 Å². The van der Waals surface area contributed by atoms with Crippen molar-refractivity contribution in [1.82, 2.24) is 4.31 Å². The summed E-state index contributed by atoms with van der Waals surface area (Å²) in [6.45, 7) is 4.29. The maximum Gasteiger partial charge on any atom is 0.236 e. The van der Waals surface area contributed by atoms with Gasteiger partial charge < -0.3 is 0 Å². The Balaban J connectivity index is 4.08. The van der Waals surface area contributed by atoms with Gasteiger partial charge >= 0.3 is 0 Å². The summed E-state index contributed by atoms with van der Waals surface area (Å²) in [5, 5.41) is 0. The molecule has 0 aromatic rings. The minimum atomic E-state index is -1.27. The Kier molecular flexibility index (Phi) is 7.51. The van der Waals surface area contributed by atoms with E-state index >= 15 is 0 Å². The van der Waals surface area contributed by atoms with E-state index in [1.54, 1.807) is 0 Å². The molecule has 0 rings (SSSR count). The SMILES string of the molecule is CCCC(CCC)N(C)S(=O)OC. The average molecular weight is 207 g/mol. The first-order valence-electron chi connectivity index (χ1n) is 4.86. The van der Waals surface area contributed by atoms with Gasteiger partial charge in [-0.1, -0.05) is 26.7 Å². The Bertz CT molecular complexity index is 147. The zero-order valence-corrected chi connectivity index (χ0v) is 9.89. The second-order valence-electron chi connectivity index (χ2n) is 3.16. The maximum absolute atomic E-state index is 11.3. The second kappa shape index (κ2) is 7.47. The molecule has 3 nitrogen and oxygen atoms in total. The van der Waals surface area contributed by atoms with Gasteiger partial charge in [0.15, 0.2) is 0 Å². The Morgan fingerprint density at radius 2 is 1.77 bits per heavy atom. The van der Waals surface area contributed by atoms with Crippen molar-refractivity contribution in [3.05, 3.63) is 0 Å². The Labute approximate surface area is 84.3 Å². The van der Waals surface area contributed by atoms with Crippen LogP contribution in [0.15, 0.2) is 0 Å². The summed E-state index contributed by atoms with van der Waals surface area (Å²) in [7, 11) is 3.33. The van der Waals surface area contributed by atoms with Crippen LogP contribution in [-0.2, 0) is 15.4 Å². The molecule has 1 atom stereocenters. The van der Waals surface area contributed by atoms with Crippen LogP contribution in [0.25, 0.3) is 0 Å². The van der Waals surface area contributed by atoms with Crippen molar-refractivity contribution in [2.75, 3.05) is 14.2 Å². The summed E-state index contributed by atoms with van der Waals surface area (Å²) in [6.07, 6.45) is 4.41. The third-order valence-corrected chi connectivity index (χ3v) is 3.19. The Hall–Kier alpha value is 0.0700. The van der Waals surface area contributed by atoms with Crippen LogP contribution in [0, 0.1) is 0 Å². The molecule has 13 heavy (non-hydrogen) atoms. The average Bonchev–Trinajstić information content (AvgIpc) is 2.15. The first kappa shape index (κ1) is 13.1. The van der Waals surface area contributed by atoms with Crippen LogP contribution < -0.4 is 0 Å². The highest BCUT2D eigenvalue weighted by atomic mass is 32.2. The fraction of sp³-hybridized carbons (Fsp3) is 1.00. The van der Waals surface area contributed by atoms with Crippen molar-refractivity contribution in [1.29, 1.82) is 0 Å². The van der Waals surface area contributed by atoms with Gasteiger partial charge in [-0.3, -0.25) is 4.18 Å². The molecule has 0 spiro atoms. The highest BCUT2D eigenvalue weighted by Gasteiger charge is 2.17. The van der Waals surface area contributed by atoms with Crippen molar-refractivity contribution in [2.45, 2.75) is 45.6 Å². The lowest BCUT2D eigenvalue weighted by molar-refractivity contribution is 0.302. The molecule has 0 saturated heterocycles. The third kappa shape index (κ3) is 4.74. The summed E-state index contributed by atoms with van der Waals surface area (Å²) in [5.74, 6) is 0. The van der Waals surface area contributed by atoms with Gasteiger partial charge in [0.2, 0.25) is 11.3 Å². The van der Waals surface area contributed by atoms with Gasteiger partial charge in [0.05, 0.1) is 7.11 Å². The van der Waals surface area contributed by atoms with E-state index < -0.39 is 11.3 Å². The zero-order valence-electron chi connectivity index (χ0n) is 9.08. The van der Waals surface area contributed by atoms with Crippen molar-refractivity contribution >= 4 is 11.3 Å². The summed E-state index contributed by atoms with van der Waals surface area (Å²) in [6, 6.07) is 0.385. The van der Waals surface area contributed by atoms with Gasteiger partial charge in [0, 0.05) is 13.1 Å². The first-order chi connectivity index (χ1) is 6.17. The molecule has 0 fully saturated rings. The molecule has 0 saturated carbocycles. The van der Waals surface area contributed by atoms with E-state index in [-0.39, 0.29) is 0 Å². The fourth-order valence-corrected chi connectivity index (χ4v) is 2.10. The highest BCUT2D eigenvalue weighted by Crippen LogP contribution is 2.13. The van der Waals surface area contributed by atoms with Crippen molar-refractivity contribution < 1.29 is 8.39 Å². The van der Waals surface area contributed by atoms with Crippen molar-refractivity contribution in [3.63, 3.8) is 0 Å². The van der Waals surface area contributed by atoms with E-state index in [1.807, 2.05) is 11.4 Å². The van der Waals surface area contributed by atoms with Gasteiger partial charge in [-0.15, -0.1) is 0 Å². The number of hydrogen-bond donors (Lipinski definition) is 0. The molecule has 4 heteroatoms. The summed E-state index contributed by atoms with van der Waals surface area (Å²) < 4.78 is 17.9. The quantitative estimate of drug-likeness (QED) is 0.640. The van der Waals surface area contributed by atoms with Crippen LogP contribution >= 0.6 is 0 Å². The van der Waals surface area contributed by atoms with E-state index in [4.69, 9.17) is 4.18 Å². The molecule has 0 aromatic carbocycles. The molecule has 0 aliphatic carbocycles. The number of hydrogen-bond acceptors (Lipinski definition) is 2. The van der Waals surface area contributed by atoms with Crippen LogP contribution in [0.3, 0.4) is 0 Å². The molecule has 0 bridgehead atoms. The van der Waals surface area contributed by atoms with E-state index in [0.717, 1.165) is 25.7 Å². The Morgan fingerprint density at radius 1 is 1.31 bits per heavy atom. The first-order valence-corrected chi connectivity index (χ1v) is 5.89. The normalized spacial score (nSPS) is 14.0. The third-order valence-electron chi connectivity index (χ3n) is 2.14. The molecule has 0 aliphatic rings. The lowest BCUT2D eigenvalue weighted by atomic mass is 10.1. The summed E-state index contributed by atoms with van der Waals surface area (Å²) >= 11 is -1.27. The molecular formula is C9H21NO2S. The van der Waals surface area contributed by atoms with Crippen molar-refractivity contribution in [3.8, 4) is 0 Å². The monoisotopic (exact) mass is 207 g/mol. The van der Waals surface area contributed by atoms with E-state index in [2.05, 4.69) is 13.8 Å². The lowest BCUT2D eigenvalue weighted by Crippen LogP contribution is -2.33. The smallest absolute Gasteiger partial charge is 0.236 e. The molecule has 1 unspecified atom stereocenters. The van der Waals surface area contributed by atoms with Crippen LogP contribution in [0.5, 0.6) is 0 Å². The molecule has 80 valence electrons. The molecular weight excluding hydrogens is 186 g/mol. The van der Waals surface area contributed by atoms with Gasteiger partial charge in [-0.05, 0) is 12.8 Å². The Morgan fingerprint density at radius 3 is 2.08 bits per heavy atom. The van der Waals surface area contributed by atoms with Gasteiger partial charge in [0.25, 0.3) is 0 Å². The molecule has 0 aromatic heterocycles. The minimum Gasteiger partial charge on any atom is -0.281 e. The predicted octanol–water partition coefficient (Wildman–Crippen LogP) is 2.11. The summed E-state index contributed by atoms with van der Waals surface area (Å²) in [5.41, 5.74) is 0. The molecule has 0 radical (unpaired) electrons. The van der Waals surface area contributed by atoms with Crippen LogP contribution in [-0.4, -0.2) is 28.7 Å². The predicted molar refractivity (Wildman–Crippen MR) is 56.5 cm³/mol. The van der Waals surface area contributed by atoms with E-state index in [0.29, 0.717) is 6.04 Å². The second-order valence-corrected chi connectivity index (χ2v) is 4.50. The molecule has 0 amide bonds. The van der Waals surface area contributed by atoms with Crippen LogP contribution in [0.2, 0.25) is 0 Å². The highest BCUT2D eigenvalue weighted by molar-refractivity contribution is 7.77. The molecule has 0 N–H and O–H groups in total. The lowest BCUT2D eigenvalue weighted by Gasteiger charge is -2.24. The molecule has 0 heterocycles.